The zero-order chi connectivity index (χ0) is 22.2. The molecule has 0 atom stereocenters. The standard InChI is InChI=1S/C24H23ClN2O4/c1-16-4-10-20(22(12-16)29-2)24(28)27-26-14-18-7-11-21(23(13-18)30-3)31-15-17-5-8-19(25)9-6-17/h4-14H,15H2,1-3H3,(H,27,28)/b26-14-. The number of amides is 1. The highest BCUT2D eigenvalue weighted by Crippen LogP contribution is 2.28. The monoisotopic (exact) mass is 438 g/mol. The van der Waals surface area contributed by atoms with Crippen LogP contribution in [0.5, 0.6) is 17.2 Å². The van der Waals surface area contributed by atoms with Crippen molar-refractivity contribution in [3.8, 4) is 17.2 Å². The highest BCUT2D eigenvalue weighted by Gasteiger charge is 2.11. The van der Waals surface area contributed by atoms with Crippen LogP contribution in [0.2, 0.25) is 5.02 Å². The van der Waals surface area contributed by atoms with Crippen molar-refractivity contribution in [2.75, 3.05) is 14.2 Å². The Bertz CT molecular complexity index is 1080. The molecule has 0 aliphatic rings. The van der Waals surface area contributed by atoms with Crippen molar-refractivity contribution in [2.45, 2.75) is 13.5 Å². The number of nitrogens with zero attached hydrogens (tertiary/aromatic N) is 1. The predicted octanol–water partition coefficient (Wildman–Crippen LogP) is 5.01. The van der Waals surface area contributed by atoms with E-state index < -0.39 is 0 Å². The molecule has 0 saturated heterocycles. The van der Waals surface area contributed by atoms with E-state index in [-0.39, 0.29) is 5.91 Å². The molecule has 0 spiro atoms. The number of benzene rings is 3. The normalized spacial score (nSPS) is 10.7. The molecule has 0 bridgehead atoms. The Hall–Kier alpha value is -3.51. The number of halogens is 1. The fraction of sp³-hybridized carbons (Fsp3) is 0.167. The lowest BCUT2D eigenvalue weighted by Gasteiger charge is -2.11. The smallest absolute Gasteiger partial charge is 0.275 e. The Balaban J connectivity index is 1.64. The maximum atomic E-state index is 12.4. The van der Waals surface area contributed by atoms with Gasteiger partial charge in [0.2, 0.25) is 0 Å². The Morgan fingerprint density at radius 2 is 1.71 bits per heavy atom. The van der Waals surface area contributed by atoms with Gasteiger partial charge in [0.1, 0.15) is 12.4 Å². The fourth-order valence-electron chi connectivity index (χ4n) is 2.84. The number of hydrogen-bond donors (Lipinski definition) is 1. The number of methoxy groups -OCH3 is 2. The first-order valence-electron chi connectivity index (χ1n) is 9.53. The van der Waals surface area contributed by atoms with Crippen molar-refractivity contribution < 1.29 is 19.0 Å². The van der Waals surface area contributed by atoms with Crippen LogP contribution >= 0.6 is 11.6 Å². The third-order valence-corrected chi connectivity index (χ3v) is 4.73. The lowest BCUT2D eigenvalue weighted by atomic mass is 10.1. The van der Waals surface area contributed by atoms with Crippen molar-refractivity contribution in [3.63, 3.8) is 0 Å². The van der Waals surface area contributed by atoms with Gasteiger partial charge in [0.05, 0.1) is 26.0 Å². The Kier molecular flexibility index (Phi) is 7.51. The zero-order valence-electron chi connectivity index (χ0n) is 17.5. The van der Waals surface area contributed by atoms with E-state index in [9.17, 15) is 4.79 Å². The summed E-state index contributed by atoms with van der Waals surface area (Å²) >= 11 is 5.91. The first-order valence-corrected chi connectivity index (χ1v) is 9.91. The quantitative estimate of drug-likeness (QED) is 0.396. The number of carbonyl (C=O) groups is 1. The summed E-state index contributed by atoms with van der Waals surface area (Å²) in [5.74, 6) is 1.30. The molecule has 0 unspecified atom stereocenters. The second-order valence-electron chi connectivity index (χ2n) is 6.73. The lowest BCUT2D eigenvalue weighted by molar-refractivity contribution is 0.0952. The van der Waals surface area contributed by atoms with Crippen LogP contribution in [0.3, 0.4) is 0 Å². The van der Waals surface area contributed by atoms with Crippen LogP contribution in [-0.2, 0) is 6.61 Å². The molecule has 0 radical (unpaired) electrons. The molecule has 31 heavy (non-hydrogen) atoms. The number of rotatable bonds is 8. The SMILES string of the molecule is COc1cc(/C=N\NC(=O)c2ccc(C)cc2OC)ccc1OCc1ccc(Cl)cc1. The minimum Gasteiger partial charge on any atom is -0.496 e. The van der Waals surface area contributed by atoms with Gasteiger partial charge in [0.25, 0.3) is 5.91 Å². The lowest BCUT2D eigenvalue weighted by Crippen LogP contribution is -2.18. The van der Waals surface area contributed by atoms with Crippen LogP contribution in [0, 0.1) is 6.92 Å². The van der Waals surface area contributed by atoms with Crippen LogP contribution in [0.1, 0.15) is 27.0 Å². The molecular formula is C24H23ClN2O4. The minimum absolute atomic E-state index is 0.358. The van der Waals surface area contributed by atoms with Crippen molar-refractivity contribution in [3.05, 3.63) is 87.9 Å². The van der Waals surface area contributed by atoms with Crippen LogP contribution in [0.15, 0.2) is 65.8 Å². The highest BCUT2D eigenvalue weighted by molar-refractivity contribution is 6.30. The van der Waals surface area contributed by atoms with Gasteiger partial charge in [-0.25, -0.2) is 5.43 Å². The van der Waals surface area contributed by atoms with Crippen LogP contribution in [0.4, 0.5) is 0 Å². The van der Waals surface area contributed by atoms with Gasteiger partial charge in [-0.3, -0.25) is 4.79 Å². The zero-order valence-corrected chi connectivity index (χ0v) is 18.3. The van der Waals surface area contributed by atoms with Crippen LogP contribution in [0.25, 0.3) is 0 Å². The van der Waals surface area contributed by atoms with Gasteiger partial charge in [-0.15, -0.1) is 0 Å². The second kappa shape index (κ2) is 10.5. The Labute approximate surface area is 186 Å². The molecule has 3 aromatic carbocycles. The predicted molar refractivity (Wildman–Crippen MR) is 122 cm³/mol. The summed E-state index contributed by atoms with van der Waals surface area (Å²) in [5.41, 5.74) is 5.66. The largest absolute Gasteiger partial charge is 0.496 e. The molecule has 7 heteroatoms. The van der Waals surface area contributed by atoms with E-state index in [0.717, 1.165) is 16.7 Å². The van der Waals surface area contributed by atoms with Crippen molar-refractivity contribution in [2.24, 2.45) is 5.10 Å². The molecule has 0 aliphatic carbocycles. The summed E-state index contributed by atoms with van der Waals surface area (Å²) in [6, 6.07) is 18.2. The average Bonchev–Trinajstić information content (AvgIpc) is 2.78. The molecule has 0 aliphatic heterocycles. The number of aryl methyl sites for hydroxylation is 1. The van der Waals surface area contributed by atoms with Gasteiger partial charge in [-0.05, 0) is 66.1 Å². The fourth-order valence-corrected chi connectivity index (χ4v) is 2.96. The van der Waals surface area contributed by atoms with E-state index in [1.54, 1.807) is 31.4 Å². The van der Waals surface area contributed by atoms with E-state index in [1.165, 1.54) is 13.3 Å². The number of hydrazone groups is 1. The third-order valence-electron chi connectivity index (χ3n) is 4.48. The summed E-state index contributed by atoms with van der Waals surface area (Å²) in [6.07, 6.45) is 1.53. The van der Waals surface area contributed by atoms with Gasteiger partial charge in [0.15, 0.2) is 11.5 Å². The van der Waals surface area contributed by atoms with Gasteiger partial charge in [-0.1, -0.05) is 29.8 Å². The van der Waals surface area contributed by atoms with Crippen molar-refractivity contribution in [1.29, 1.82) is 0 Å². The van der Waals surface area contributed by atoms with Crippen LogP contribution < -0.4 is 19.6 Å². The van der Waals surface area contributed by atoms with E-state index in [1.807, 2.05) is 43.3 Å². The summed E-state index contributed by atoms with van der Waals surface area (Å²) in [5, 5.41) is 4.71. The highest BCUT2D eigenvalue weighted by atomic mass is 35.5. The molecule has 6 nitrogen and oxygen atoms in total. The maximum absolute atomic E-state index is 12.4. The first kappa shape index (κ1) is 22.2. The maximum Gasteiger partial charge on any atom is 0.275 e. The molecule has 1 N–H and O–H groups in total. The van der Waals surface area contributed by atoms with Crippen molar-refractivity contribution in [1.82, 2.24) is 5.43 Å². The minimum atomic E-state index is -0.358. The molecule has 3 aromatic rings. The summed E-state index contributed by atoms with van der Waals surface area (Å²) < 4.78 is 16.5. The second-order valence-corrected chi connectivity index (χ2v) is 7.16. The van der Waals surface area contributed by atoms with Gasteiger partial charge in [0, 0.05) is 5.02 Å². The average molecular weight is 439 g/mol. The summed E-state index contributed by atoms with van der Waals surface area (Å²) in [4.78, 5) is 12.4. The van der Waals surface area contributed by atoms with E-state index in [4.69, 9.17) is 25.8 Å². The van der Waals surface area contributed by atoms with Gasteiger partial charge in [-0.2, -0.15) is 5.10 Å². The molecule has 0 saturated carbocycles. The molecule has 0 heterocycles. The van der Waals surface area contributed by atoms with E-state index >= 15 is 0 Å². The van der Waals surface area contributed by atoms with E-state index in [2.05, 4.69) is 10.5 Å². The third kappa shape index (κ3) is 5.99. The summed E-state index contributed by atoms with van der Waals surface area (Å²) in [7, 11) is 3.09. The Morgan fingerprint density at radius 1 is 0.968 bits per heavy atom. The van der Waals surface area contributed by atoms with E-state index in [0.29, 0.717) is 34.4 Å². The molecule has 1 amide bonds. The summed E-state index contributed by atoms with van der Waals surface area (Å²) in [6.45, 7) is 2.31. The topological polar surface area (TPSA) is 69.2 Å². The number of hydrogen-bond acceptors (Lipinski definition) is 5. The number of nitrogens with one attached hydrogen (secondary N) is 1. The molecule has 0 aromatic heterocycles. The van der Waals surface area contributed by atoms with Gasteiger partial charge < -0.3 is 14.2 Å². The molecule has 0 fully saturated rings. The first-order chi connectivity index (χ1) is 15.0. The Morgan fingerprint density at radius 3 is 2.42 bits per heavy atom. The van der Waals surface area contributed by atoms with Gasteiger partial charge >= 0.3 is 0 Å². The number of ether oxygens (including phenoxy) is 3. The molecule has 3 rings (SSSR count). The molecular weight excluding hydrogens is 416 g/mol. The molecule has 160 valence electrons. The number of carbonyl (C=O) groups excluding carboxylic acids is 1. The van der Waals surface area contributed by atoms with Crippen LogP contribution in [-0.4, -0.2) is 26.3 Å². The van der Waals surface area contributed by atoms with Crippen molar-refractivity contribution >= 4 is 23.7 Å².